The Morgan fingerprint density at radius 2 is 2.12 bits per heavy atom. The van der Waals surface area contributed by atoms with Crippen molar-refractivity contribution in [3.8, 4) is 0 Å². The lowest BCUT2D eigenvalue weighted by atomic mass is 9.77. The van der Waals surface area contributed by atoms with Gasteiger partial charge in [0.1, 0.15) is 10.6 Å². The van der Waals surface area contributed by atoms with Gasteiger partial charge in [-0.25, -0.2) is 13.1 Å². The van der Waals surface area contributed by atoms with Crippen LogP contribution in [0.1, 0.15) is 36.2 Å². The van der Waals surface area contributed by atoms with Crippen LogP contribution in [0.25, 0.3) is 0 Å². The summed E-state index contributed by atoms with van der Waals surface area (Å²) in [5.41, 5.74) is -1.62. The number of sulfonamides is 1. The van der Waals surface area contributed by atoms with Crippen LogP contribution in [0.3, 0.4) is 0 Å². The highest BCUT2D eigenvalue weighted by Gasteiger charge is 2.47. The second-order valence-corrected chi connectivity index (χ2v) is 8.51. The van der Waals surface area contributed by atoms with E-state index in [1.807, 2.05) is 0 Å². The van der Waals surface area contributed by atoms with E-state index in [0.29, 0.717) is 0 Å². The van der Waals surface area contributed by atoms with Gasteiger partial charge in [0.25, 0.3) is 5.91 Å². The van der Waals surface area contributed by atoms with Gasteiger partial charge in [-0.1, -0.05) is 0 Å². The van der Waals surface area contributed by atoms with E-state index < -0.39 is 40.0 Å². The van der Waals surface area contributed by atoms with Crippen LogP contribution < -0.4 is 10.0 Å². The lowest BCUT2D eigenvalue weighted by Gasteiger charge is -2.37. The maximum Gasteiger partial charge on any atom is 0.391 e. The quantitative estimate of drug-likeness (QED) is 0.694. The van der Waals surface area contributed by atoms with Crippen LogP contribution in [0.15, 0.2) is 17.2 Å². The molecular weight excluding hydrogens is 375 g/mol. The number of carbonyl (C=O) groups is 1. The highest BCUT2D eigenvalue weighted by Crippen LogP contribution is 2.41. The summed E-state index contributed by atoms with van der Waals surface area (Å²) in [7, 11) is -1.03. The number of aryl methyl sites for hydroxylation is 1. The summed E-state index contributed by atoms with van der Waals surface area (Å²) in [4.78, 5) is 12.2. The number of amides is 1. The maximum atomic E-state index is 12.9. The molecule has 2 unspecified atom stereocenters. The zero-order valence-electron chi connectivity index (χ0n) is 14.4. The molecule has 0 aliphatic heterocycles. The van der Waals surface area contributed by atoms with Crippen molar-refractivity contribution in [1.29, 1.82) is 0 Å². The molecule has 1 aromatic rings. The number of nitrogens with one attached hydrogen (secondary N) is 2. The van der Waals surface area contributed by atoms with Crippen molar-refractivity contribution in [1.82, 2.24) is 14.6 Å². The number of aromatic nitrogens is 1. The van der Waals surface area contributed by atoms with Crippen molar-refractivity contribution in [3.63, 3.8) is 0 Å². The molecule has 1 heterocycles. The number of nitrogens with zero attached hydrogens (tertiary/aromatic N) is 1. The third kappa shape index (κ3) is 4.57. The van der Waals surface area contributed by atoms with Crippen molar-refractivity contribution >= 4 is 15.9 Å². The molecule has 7 nitrogen and oxygen atoms in total. The van der Waals surface area contributed by atoms with Crippen LogP contribution in [0.2, 0.25) is 0 Å². The van der Waals surface area contributed by atoms with Crippen LogP contribution in [-0.2, 0) is 17.1 Å². The Bertz CT molecular complexity index is 776. The fraction of sp³-hybridized carbons (Fsp3) is 0.667. The minimum atomic E-state index is -4.38. The zero-order chi connectivity index (χ0) is 19.8. The summed E-state index contributed by atoms with van der Waals surface area (Å²) in [6, 6.07) is 1.16. The molecular formula is C15H22F3N3O4S. The standard InChI is InChI=1S/C15H22F3N3O4S/c1-19-26(24,25)11-6-12(21(2)8-11)13(22)20-9-14(23)5-3-4-10(7-14)15(16,17)18/h6,8,10,19,23H,3-5,7,9H2,1-2H3,(H,20,22). The van der Waals surface area contributed by atoms with Gasteiger partial charge in [0, 0.05) is 19.8 Å². The van der Waals surface area contributed by atoms with Crippen molar-refractivity contribution in [2.45, 2.75) is 42.4 Å². The van der Waals surface area contributed by atoms with Crippen LogP contribution in [0.5, 0.6) is 0 Å². The number of hydrogen-bond donors (Lipinski definition) is 3. The Morgan fingerprint density at radius 1 is 1.46 bits per heavy atom. The summed E-state index contributed by atoms with van der Waals surface area (Å²) in [6.07, 6.45) is -3.27. The van der Waals surface area contributed by atoms with Gasteiger partial charge < -0.3 is 15.0 Å². The van der Waals surface area contributed by atoms with Crippen molar-refractivity contribution in [3.05, 3.63) is 18.0 Å². The van der Waals surface area contributed by atoms with E-state index in [0.717, 1.165) is 6.07 Å². The minimum absolute atomic E-state index is 0.0191. The Hall–Kier alpha value is -1.59. The highest BCUT2D eigenvalue weighted by atomic mass is 32.2. The topological polar surface area (TPSA) is 100 Å². The molecule has 1 fully saturated rings. The highest BCUT2D eigenvalue weighted by molar-refractivity contribution is 7.89. The number of hydrogen-bond acceptors (Lipinski definition) is 4. The van der Waals surface area contributed by atoms with Crippen LogP contribution in [0, 0.1) is 5.92 Å². The molecule has 148 valence electrons. The first-order chi connectivity index (χ1) is 11.9. The molecule has 26 heavy (non-hydrogen) atoms. The van der Waals surface area contributed by atoms with Gasteiger partial charge in [0.15, 0.2) is 0 Å². The Morgan fingerprint density at radius 3 is 2.69 bits per heavy atom. The fourth-order valence-electron chi connectivity index (χ4n) is 3.14. The zero-order valence-corrected chi connectivity index (χ0v) is 15.2. The summed E-state index contributed by atoms with van der Waals surface area (Å²) in [5, 5.41) is 12.8. The van der Waals surface area contributed by atoms with Gasteiger partial charge in [0.2, 0.25) is 10.0 Å². The molecule has 3 N–H and O–H groups in total. The SMILES string of the molecule is CNS(=O)(=O)c1cc(C(=O)NCC2(O)CCCC(C(F)(F)F)C2)n(C)c1. The predicted octanol–water partition coefficient (Wildman–Crippen LogP) is 1.15. The average Bonchev–Trinajstić information content (AvgIpc) is 2.95. The molecule has 1 aliphatic rings. The molecule has 0 aromatic carbocycles. The van der Waals surface area contributed by atoms with E-state index in [1.54, 1.807) is 0 Å². The largest absolute Gasteiger partial charge is 0.391 e. The van der Waals surface area contributed by atoms with E-state index in [1.165, 1.54) is 24.9 Å². The van der Waals surface area contributed by atoms with Crippen LogP contribution in [0.4, 0.5) is 13.2 Å². The molecule has 0 radical (unpaired) electrons. The van der Waals surface area contributed by atoms with E-state index in [-0.39, 0.29) is 36.4 Å². The summed E-state index contributed by atoms with van der Waals surface area (Å²) < 4.78 is 65.6. The molecule has 0 saturated heterocycles. The van der Waals surface area contributed by atoms with Gasteiger partial charge in [-0.15, -0.1) is 0 Å². The first kappa shape index (κ1) is 20.7. The second kappa shape index (κ2) is 7.20. The fourth-order valence-corrected chi connectivity index (χ4v) is 3.94. The lowest BCUT2D eigenvalue weighted by Crippen LogP contribution is -2.48. The Balaban J connectivity index is 2.07. The van der Waals surface area contributed by atoms with Gasteiger partial charge in [-0.2, -0.15) is 13.2 Å². The number of rotatable bonds is 5. The van der Waals surface area contributed by atoms with Gasteiger partial charge in [-0.05, 0) is 38.8 Å². The average molecular weight is 397 g/mol. The molecule has 2 atom stereocenters. The summed E-state index contributed by atoms with van der Waals surface area (Å²) in [5.74, 6) is -2.27. The van der Waals surface area contributed by atoms with E-state index in [2.05, 4.69) is 10.0 Å². The Kier molecular flexibility index (Phi) is 5.74. The molecule has 1 saturated carbocycles. The molecule has 1 aliphatic carbocycles. The van der Waals surface area contributed by atoms with Gasteiger partial charge in [-0.3, -0.25) is 4.79 Å². The van der Waals surface area contributed by atoms with Crippen molar-refractivity contribution in [2.24, 2.45) is 13.0 Å². The maximum absolute atomic E-state index is 12.9. The molecule has 1 amide bonds. The molecule has 0 spiro atoms. The monoisotopic (exact) mass is 397 g/mol. The smallest absolute Gasteiger partial charge is 0.388 e. The van der Waals surface area contributed by atoms with Gasteiger partial charge >= 0.3 is 6.18 Å². The third-order valence-electron chi connectivity index (χ3n) is 4.65. The van der Waals surface area contributed by atoms with E-state index in [4.69, 9.17) is 0 Å². The normalized spacial score (nSPS) is 24.5. The lowest BCUT2D eigenvalue weighted by molar-refractivity contribution is -0.199. The second-order valence-electron chi connectivity index (χ2n) is 6.62. The van der Waals surface area contributed by atoms with Gasteiger partial charge in [0.05, 0.1) is 11.5 Å². The van der Waals surface area contributed by atoms with E-state index >= 15 is 0 Å². The van der Waals surface area contributed by atoms with E-state index in [9.17, 15) is 31.5 Å². The number of alkyl halides is 3. The number of halogens is 3. The number of carbonyl (C=O) groups excluding carboxylic acids is 1. The molecule has 1 aromatic heterocycles. The first-order valence-corrected chi connectivity index (χ1v) is 9.53. The predicted molar refractivity (Wildman–Crippen MR) is 87.0 cm³/mol. The third-order valence-corrected chi connectivity index (χ3v) is 6.03. The van der Waals surface area contributed by atoms with Crippen molar-refractivity contribution in [2.75, 3.05) is 13.6 Å². The molecule has 11 heteroatoms. The summed E-state index contributed by atoms with van der Waals surface area (Å²) in [6.45, 7) is -0.336. The van der Waals surface area contributed by atoms with Crippen LogP contribution in [-0.4, -0.2) is 49.4 Å². The summed E-state index contributed by atoms with van der Waals surface area (Å²) >= 11 is 0. The van der Waals surface area contributed by atoms with Crippen molar-refractivity contribution < 1.29 is 31.5 Å². The first-order valence-electron chi connectivity index (χ1n) is 8.05. The minimum Gasteiger partial charge on any atom is -0.388 e. The number of aliphatic hydroxyl groups is 1. The molecule has 0 bridgehead atoms. The molecule has 2 rings (SSSR count). The Labute approximate surface area is 149 Å². The van der Waals surface area contributed by atoms with Crippen LogP contribution >= 0.6 is 0 Å².